The van der Waals surface area contributed by atoms with Crippen LogP contribution in [-0.4, -0.2) is 15.0 Å². The number of alkyl halides is 3. The number of nitrogens with zero attached hydrogens (tertiary/aromatic N) is 3. The van der Waals surface area contributed by atoms with Gasteiger partial charge < -0.3 is 4.74 Å². The first-order valence-electron chi connectivity index (χ1n) is 10.1. The Bertz CT molecular complexity index is 1440. The molecule has 5 aromatic rings. The molecule has 0 N–H and O–H groups in total. The van der Waals surface area contributed by atoms with E-state index in [9.17, 15) is 13.2 Å². The van der Waals surface area contributed by atoms with Gasteiger partial charge in [-0.3, -0.25) is 4.98 Å². The maximum atomic E-state index is 13.4. The fraction of sp³-hybridized carbons (Fsp3) is 0.0385. The van der Waals surface area contributed by atoms with Crippen LogP contribution < -0.4 is 4.74 Å². The molecule has 4 nitrogen and oxygen atoms in total. The predicted octanol–water partition coefficient (Wildman–Crippen LogP) is 7.17. The third-order valence-corrected chi connectivity index (χ3v) is 5.15. The van der Waals surface area contributed by atoms with Crippen molar-refractivity contribution < 1.29 is 17.9 Å². The van der Waals surface area contributed by atoms with Gasteiger partial charge in [-0.25, -0.2) is 9.97 Å². The Labute approximate surface area is 187 Å². The van der Waals surface area contributed by atoms with E-state index in [1.165, 1.54) is 12.4 Å². The van der Waals surface area contributed by atoms with Crippen LogP contribution in [0.1, 0.15) is 5.56 Å². The van der Waals surface area contributed by atoms with Crippen LogP contribution in [0.5, 0.6) is 11.6 Å². The minimum absolute atomic E-state index is 0.272. The number of rotatable bonds is 4. The molecule has 0 amide bonds. The Morgan fingerprint density at radius 2 is 1.55 bits per heavy atom. The molecule has 0 saturated heterocycles. The van der Waals surface area contributed by atoms with Crippen LogP contribution >= 0.6 is 0 Å². The zero-order valence-corrected chi connectivity index (χ0v) is 17.1. The van der Waals surface area contributed by atoms with Crippen molar-refractivity contribution >= 4 is 10.9 Å². The first-order valence-corrected chi connectivity index (χ1v) is 10.1. The molecular formula is C26H16F3N3O. The van der Waals surface area contributed by atoms with Gasteiger partial charge in [0.1, 0.15) is 12.1 Å². The van der Waals surface area contributed by atoms with Crippen LogP contribution in [0.2, 0.25) is 0 Å². The first kappa shape index (κ1) is 20.6. The molecule has 0 fully saturated rings. The molecule has 5 rings (SSSR count). The molecule has 2 heterocycles. The zero-order chi connectivity index (χ0) is 22.8. The third-order valence-electron chi connectivity index (χ3n) is 5.15. The summed E-state index contributed by atoms with van der Waals surface area (Å²) < 4.78 is 46.1. The van der Waals surface area contributed by atoms with E-state index >= 15 is 0 Å². The molecule has 0 unspecified atom stereocenters. The van der Waals surface area contributed by atoms with E-state index in [0.717, 1.165) is 23.0 Å². The highest BCUT2D eigenvalue weighted by Crippen LogP contribution is 2.38. The first-order chi connectivity index (χ1) is 16.0. The summed E-state index contributed by atoms with van der Waals surface area (Å²) in [5, 5.41) is 0.977. The smallest absolute Gasteiger partial charge is 0.416 e. The molecule has 2 aromatic heterocycles. The third kappa shape index (κ3) is 4.39. The summed E-state index contributed by atoms with van der Waals surface area (Å²) >= 11 is 0. The Kier molecular flexibility index (Phi) is 5.22. The van der Waals surface area contributed by atoms with E-state index in [0.29, 0.717) is 28.1 Å². The van der Waals surface area contributed by atoms with Crippen molar-refractivity contribution in [2.75, 3.05) is 0 Å². The van der Waals surface area contributed by atoms with Crippen molar-refractivity contribution in [3.8, 4) is 34.0 Å². The Balaban J connectivity index is 1.55. The predicted molar refractivity (Wildman–Crippen MR) is 120 cm³/mol. The molecule has 162 valence electrons. The number of aromatic nitrogens is 3. The van der Waals surface area contributed by atoms with Gasteiger partial charge in [0.05, 0.1) is 16.8 Å². The average Bonchev–Trinajstić information content (AvgIpc) is 2.84. The minimum atomic E-state index is -4.45. The van der Waals surface area contributed by atoms with E-state index < -0.39 is 11.7 Å². The second-order valence-electron chi connectivity index (χ2n) is 7.33. The lowest BCUT2D eigenvalue weighted by molar-refractivity contribution is -0.137. The van der Waals surface area contributed by atoms with Crippen LogP contribution in [0.25, 0.3) is 33.3 Å². The fourth-order valence-corrected chi connectivity index (χ4v) is 3.57. The number of fused-ring (bicyclic) bond motifs is 1. The normalized spacial score (nSPS) is 11.5. The van der Waals surface area contributed by atoms with Crippen molar-refractivity contribution in [3.63, 3.8) is 0 Å². The number of ether oxygens (including phenoxy) is 1. The second-order valence-corrected chi connectivity index (χ2v) is 7.33. The lowest BCUT2D eigenvalue weighted by Crippen LogP contribution is -2.05. The van der Waals surface area contributed by atoms with E-state index in [2.05, 4.69) is 15.0 Å². The molecule has 7 heteroatoms. The van der Waals surface area contributed by atoms with Crippen LogP contribution in [0.4, 0.5) is 13.2 Å². The monoisotopic (exact) mass is 443 g/mol. The summed E-state index contributed by atoms with van der Waals surface area (Å²) in [5.41, 5.74) is 2.12. The van der Waals surface area contributed by atoms with Crippen molar-refractivity contribution in [3.05, 3.63) is 103 Å². The largest absolute Gasteiger partial charge is 0.439 e. The van der Waals surface area contributed by atoms with Crippen molar-refractivity contribution in [1.82, 2.24) is 15.0 Å². The molecular weight excluding hydrogens is 427 g/mol. The highest BCUT2D eigenvalue weighted by molar-refractivity contribution is 5.83. The number of hydrogen-bond donors (Lipinski definition) is 0. The van der Waals surface area contributed by atoms with Gasteiger partial charge in [-0.15, -0.1) is 0 Å². The number of halogens is 3. The van der Waals surface area contributed by atoms with Crippen LogP contribution in [0, 0.1) is 0 Å². The molecule has 0 aliphatic rings. The molecule has 0 bridgehead atoms. The Morgan fingerprint density at radius 1 is 0.697 bits per heavy atom. The number of hydrogen-bond acceptors (Lipinski definition) is 4. The highest BCUT2D eigenvalue weighted by atomic mass is 19.4. The van der Waals surface area contributed by atoms with Crippen molar-refractivity contribution in [2.45, 2.75) is 6.18 Å². The van der Waals surface area contributed by atoms with Gasteiger partial charge in [-0.1, -0.05) is 42.5 Å². The van der Waals surface area contributed by atoms with Gasteiger partial charge in [0, 0.05) is 29.3 Å². The van der Waals surface area contributed by atoms with Crippen molar-refractivity contribution in [1.29, 1.82) is 0 Å². The summed E-state index contributed by atoms with van der Waals surface area (Å²) in [7, 11) is 0. The van der Waals surface area contributed by atoms with Gasteiger partial charge in [0.2, 0.25) is 5.88 Å². The Morgan fingerprint density at radius 3 is 2.36 bits per heavy atom. The lowest BCUT2D eigenvalue weighted by atomic mass is 9.95. The van der Waals surface area contributed by atoms with Gasteiger partial charge in [0.25, 0.3) is 0 Å². The second kappa shape index (κ2) is 8.35. The molecule has 0 aliphatic heterocycles. The molecule has 33 heavy (non-hydrogen) atoms. The number of benzene rings is 3. The van der Waals surface area contributed by atoms with Gasteiger partial charge in [-0.05, 0) is 41.5 Å². The SMILES string of the molecule is FC(F)(F)c1ccc(-c2cc(Oc3ccc4cccnc4c3)ncn2)c(-c2ccccc2)c1. The molecule has 0 aliphatic carbocycles. The summed E-state index contributed by atoms with van der Waals surface area (Å²) in [6, 6.07) is 23.4. The molecule has 0 radical (unpaired) electrons. The van der Waals surface area contributed by atoms with E-state index in [1.807, 2.05) is 24.3 Å². The van der Waals surface area contributed by atoms with Gasteiger partial charge in [0.15, 0.2) is 0 Å². The highest BCUT2D eigenvalue weighted by Gasteiger charge is 2.31. The summed E-state index contributed by atoms with van der Waals surface area (Å²) in [4.78, 5) is 12.8. The zero-order valence-electron chi connectivity index (χ0n) is 17.1. The minimum Gasteiger partial charge on any atom is -0.439 e. The Hall–Kier alpha value is -4.26. The summed E-state index contributed by atoms with van der Waals surface area (Å²) in [6.07, 6.45) is -1.42. The average molecular weight is 443 g/mol. The van der Waals surface area contributed by atoms with Crippen LogP contribution in [0.15, 0.2) is 97.5 Å². The van der Waals surface area contributed by atoms with Crippen LogP contribution in [-0.2, 0) is 6.18 Å². The molecule has 0 saturated carbocycles. The van der Waals surface area contributed by atoms with Crippen molar-refractivity contribution in [2.24, 2.45) is 0 Å². The van der Waals surface area contributed by atoms with Crippen LogP contribution in [0.3, 0.4) is 0 Å². The summed E-state index contributed by atoms with van der Waals surface area (Å²) in [5.74, 6) is 0.816. The van der Waals surface area contributed by atoms with Gasteiger partial charge >= 0.3 is 6.18 Å². The van der Waals surface area contributed by atoms with E-state index in [1.54, 1.807) is 48.7 Å². The summed E-state index contributed by atoms with van der Waals surface area (Å²) in [6.45, 7) is 0. The van der Waals surface area contributed by atoms with E-state index in [4.69, 9.17) is 4.74 Å². The standard InChI is InChI=1S/C26H16F3N3O/c27-26(28,29)19-9-11-21(22(13-19)17-5-2-1-3-6-17)24-15-25(32-16-31-24)33-20-10-8-18-7-4-12-30-23(18)14-20/h1-16H. The quantitative estimate of drug-likeness (QED) is 0.295. The van der Waals surface area contributed by atoms with Gasteiger partial charge in [-0.2, -0.15) is 13.2 Å². The van der Waals surface area contributed by atoms with E-state index in [-0.39, 0.29) is 5.88 Å². The fourth-order valence-electron chi connectivity index (χ4n) is 3.57. The maximum Gasteiger partial charge on any atom is 0.416 e. The lowest BCUT2D eigenvalue weighted by Gasteiger charge is -2.14. The maximum absolute atomic E-state index is 13.4. The topological polar surface area (TPSA) is 47.9 Å². The number of pyridine rings is 1. The molecule has 0 spiro atoms. The molecule has 0 atom stereocenters. The molecule has 3 aromatic carbocycles.